The van der Waals surface area contributed by atoms with Gasteiger partial charge in [0.05, 0.1) is 31.4 Å². The number of methoxy groups -OCH3 is 2. The lowest BCUT2D eigenvalue weighted by Gasteiger charge is -2.22. The second-order valence-corrected chi connectivity index (χ2v) is 7.37. The SMILES string of the molecule is CCCN(Cc1ccccc1)C(=O)CCCn1cnc2cc(OC)c(OC)cc2c1=O. The van der Waals surface area contributed by atoms with E-state index in [4.69, 9.17) is 9.47 Å². The lowest BCUT2D eigenvalue weighted by atomic mass is 10.2. The maximum atomic E-state index is 12.9. The minimum atomic E-state index is -0.159. The minimum Gasteiger partial charge on any atom is -0.493 e. The number of ether oxygens (including phenoxy) is 2. The molecule has 164 valence electrons. The highest BCUT2D eigenvalue weighted by molar-refractivity contribution is 5.81. The lowest BCUT2D eigenvalue weighted by molar-refractivity contribution is -0.132. The van der Waals surface area contributed by atoms with E-state index in [1.807, 2.05) is 35.2 Å². The number of rotatable bonds is 10. The molecule has 3 aromatic rings. The third-order valence-electron chi connectivity index (χ3n) is 5.18. The molecular formula is C24H29N3O4. The van der Waals surface area contributed by atoms with Crippen LogP contribution in [0.1, 0.15) is 31.7 Å². The van der Waals surface area contributed by atoms with E-state index in [-0.39, 0.29) is 11.5 Å². The van der Waals surface area contributed by atoms with Gasteiger partial charge in [-0.2, -0.15) is 0 Å². The number of amides is 1. The highest BCUT2D eigenvalue weighted by atomic mass is 16.5. The standard InChI is InChI=1S/C24H29N3O4/c1-4-12-26(16-18-9-6-5-7-10-18)23(28)11-8-13-27-17-25-20-15-22(31-3)21(30-2)14-19(20)24(27)29/h5-7,9-10,14-15,17H,4,8,11-13,16H2,1-3H3. The number of hydrogen-bond acceptors (Lipinski definition) is 5. The molecule has 1 amide bonds. The Morgan fingerprint density at radius 3 is 2.48 bits per heavy atom. The number of hydrogen-bond donors (Lipinski definition) is 0. The Morgan fingerprint density at radius 1 is 1.10 bits per heavy atom. The summed E-state index contributed by atoms with van der Waals surface area (Å²) in [5.41, 5.74) is 1.50. The van der Waals surface area contributed by atoms with Crippen LogP contribution in [-0.4, -0.2) is 41.1 Å². The monoisotopic (exact) mass is 423 g/mol. The summed E-state index contributed by atoms with van der Waals surface area (Å²) in [6.07, 6.45) is 3.37. The van der Waals surface area contributed by atoms with Crippen LogP contribution >= 0.6 is 0 Å². The first-order valence-corrected chi connectivity index (χ1v) is 10.5. The smallest absolute Gasteiger partial charge is 0.261 e. The van der Waals surface area contributed by atoms with Crippen LogP contribution < -0.4 is 15.0 Å². The number of carbonyl (C=O) groups is 1. The first kappa shape index (κ1) is 22.3. The molecule has 0 saturated carbocycles. The molecule has 2 aromatic carbocycles. The second kappa shape index (κ2) is 10.6. The van der Waals surface area contributed by atoms with E-state index in [9.17, 15) is 9.59 Å². The van der Waals surface area contributed by atoms with E-state index < -0.39 is 0 Å². The van der Waals surface area contributed by atoms with Gasteiger partial charge in [0.2, 0.25) is 5.91 Å². The molecule has 3 rings (SSSR count). The molecule has 0 saturated heterocycles. The van der Waals surface area contributed by atoms with Gasteiger partial charge in [-0.3, -0.25) is 14.2 Å². The van der Waals surface area contributed by atoms with Crippen LogP contribution in [0.3, 0.4) is 0 Å². The number of benzene rings is 2. The van der Waals surface area contributed by atoms with Crippen molar-refractivity contribution >= 4 is 16.8 Å². The molecule has 0 spiro atoms. The lowest BCUT2D eigenvalue weighted by Crippen LogP contribution is -2.31. The van der Waals surface area contributed by atoms with Gasteiger partial charge in [0.25, 0.3) is 5.56 Å². The summed E-state index contributed by atoms with van der Waals surface area (Å²) in [5.74, 6) is 1.11. The van der Waals surface area contributed by atoms with Crippen molar-refractivity contribution in [2.24, 2.45) is 0 Å². The van der Waals surface area contributed by atoms with Crippen molar-refractivity contribution in [3.8, 4) is 11.5 Å². The third-order valence-corrected chi connectivity index (χ3v) is 5.18. The quantitative estimate of drug-likeness (QED) is 0.498. The summed E-state index contributed by atoms with van der Waals surface area (Å²) >= 11 is 0. The summed E-state index contributed by atoms with van der Waals surface area (Å²) in [7, 11) is 3.07. The Hall–Kier alpha value is -3.35. The van der Waals surface area contributed by atoms with Crippen LogP contribution in [0.4, 0.5) is 0 Å². The zero-order valence-electron chi connectivity index (χ0n) is 18.3. The fraction of sp³-hybridized carbons (Fsp3) is 0.375. The fourth-order valence-electron chi connectivity index (χ4n) is 3.57. The molecule has 0 bridgehead atoms. The fourth-order valence-corrected chi connectivity index (χ4v) is 3.57. The molecule has 0 aliphatic rings. The number of aryl methyl sites for hydroxylation is 1. The number of nitrogens with zero attached hydrogens (tertiary/aromatic N) is 3. The molecule has 1 heterocycles. The Labute approximate surface area is 182 Å². The van der Waals surface area contributed by atoms with Crippen molar-refractivity contribution in [3.63, 3.8) is 0 Å². The average Bonchev–Trinajstić information content (AvgIpc) is 2.80. The zero-order chi connectivity index (χ0) is 22.2. The van der Waals surface area contributed by atoms with Gasteiger partial charge in [0.1, 0.15) is 0 Å². The van der Waals surface area contributed by atoms with Crippen LogP contribution in [0.15, 0.2) is 53.6 Å². The van der Waals surface area contributed by atoms with Crippen molar-refractivity contribution in [1.82, 2.24) is 14.5 Å². The molecule has 0 radical (unpaired) electrons. The van der Waals surface area contributed by atoms with Crippen molar-refractivity contribution in [2.45, 2.75) is 39.3 Å². The van der Waals surface area contributed by atoms with Crippen LogP contribution in [0, 0.1) is 0 Å². The molecule has 1 aromatic heterocycles. The molecule has 0 N–H and O–H groups in total. The van der Waals surface area contributed by atoms with E-state index in [1.54, 1.807) is 23.8 Å². The summed E-state index contributed by atoms with van der Waals surface area (Å²) in [6, 6.07) is 13.3. The van der Waals surface area contributed by atoms with Gasteiger partial charge in [0, 0.05) is 32.1 Å². The normalized spacial score (nSPS) is 10.8. The Morgan fingerprint density at radius 2 is 1.81 bits per heavy atom. The number of fused-ring (bicyclic) bond motifs is 1. The van der Waals surface area contributed by atoms with E-state index in [1.165, 1.54) is 13.4 Å². The summed E-state index contributed by atoms with van der Waals surface area (Å²) in [4.78, 5) is 31.9. The third kappa shape index (κ3) is 5.42. The maximum Gasteiger partial charge on any atom is 0.261 e. The van der Waals surface area contributed by atoms with Gasteiger partial charge in [-0.05, 0) is 24.5 Å². The second-order valence-electron chi connectivity index (χ2n) is 7.37. The molecule has 0 fully saturated rings. The predicted molar refractivity (Wildman–Crippen MR) is 120 cm³/mol. The highest BCUT2D eigenvalue weighted by Crippen LogP contribution is 2.29. The van der Waals surface area contributed by atoms with Crippen LogP contribution in [-0.2, 0) is 17.9 Å². The van der Waals surface area contributed by atoms with E-state index >= 15 is 0 Å². The van der Waals surface area contributed by atoms with E-state index in [2.05, 4.69) is 11.9 Å². The van der Waals surface area contributed by atoms with Crippen molar-refractivity contribution in [1.29, 1.82) is 0 Å². The molecule has 7 heteroatoms. The summed E-state index contributed by atoms with van der Waals surface area (Å²) < 4.78 is 12.1. The van der Waals surface area contributed by atoms with Crippen molar-refractivity contribution < 1.29 is 14.3 Å². The van der Waals surface area contributed by atoms with Gasteiger partial charge >= 0.3 is 0 Å². The maximum absolute atomic E-state index is 12.9. The van der Waals surface area contributed by atoms with Gasteiger partial charge < -0.3 is 14.4 Å². The van der Waals surface area contributed by atoms with Gasteiger partial charge in [0.15, 0.2) is 11.5 Å². The Balaban J connectivity index is 1.68. The van der Waals surface area contributed by atoms with Crippen LogP contribution in [0.2, 0.25) is 0 Å². The molecular weight excluding hydrogens is 394 g/mol. The topological polar surface area (TPSA) is 73.7 Å². The average molecular weight is 424 g/mol. The van der Waals surface area contributed by atoms with Crippen molar-refractivity contribution in [2.75, 3.05) is 20.8 Å². The van der Waals surface area contributed by atoms with Gasteiger partial charge in [-0.15, -0.1) is 0 Å². The molecule has 0 aliphatic heterocycles. The highest BCUT2D eigenvalue weighted by Gasteiger charge is 2.14. The van der Waals surface area contributed by atoms with E-state index in [0.29, 0.717) is 54.9 Å². The molecule has 7 nitrogen and oxygen atoms in total. The van der Waals surface area contributed by atoms with Gasteiger partial charge in [-0.1, -0.05) is 37.3 Å². The molecule has 0 unspecified atom stereocenters. The largest absolute Gasteiger partial charge is 0.493 e. The van der Waals surface area contributed by atoms with Crippen LogP contribution in [0.5, 0.6) is 11.5 Å². The number of carbonyl (C=O) groups excluding carboxylic acids is 1. The Bertz CT molecular complexity index is 1080. The predicted octanol–water partition coefficient (Wildman–Crippen LogP) is 3.63. The molecule has 0 aliphatic carbocycles. The first-order chi connectivity index (χ1) is 15.1. The minimum absolute atomic E-state index is 0.0962. The molecule has 31 heavy (non-hydrogen) atoms. The number of aromatic nitrogens is 2. The Kier molecular flexibility index (Phi) is 7.65. The van der Waals surface area contributed by atoms with E-state index in [0.717, 1.165) is 12.0 Å². The summed E-state index contributed by atoms with van der Waals surface area (Å²) in [6.45, 7) is 3.81. The van der Waals surface area contributed by atoms with Crippen molar-refractivity contribution in [3.05, 3.63) is 64.7 Å². The zero-order valence-corrected chi connectivity index (χ0v) is 18.3. The van der Waals surface area contributed by atoms with Gasteiger partial charge in [-0.25, -0.2) is 4.98 Å². The van der Waals surface area contributed by atoms with Crippen LogP contribution in [0.25, 0.3) is 10.9 Å². The first-order valence-electron chi connectivity index (χ1n) is 10.5. The summed E-state index contributed by atoms with van der Waals surface area (Å²) in [5, 5.41) is 0.461. The molecule has 0 atom stereocenters.